The summed E-state index contributed by atoms with van der Waals surface area (Å²) in [6, 6.07) is 5.21. The van der Waals surface area contributed by atoms with Gasteiger partial charge in [-0.25, -0.2) is 0 Å². The molecule has 1 atom stereocenters. The summed E-state index contributed by atoms with van der Waals surface area (Å²) in [6.45, 7) is 3.79. The van der Waals surface area contributed by atoms with E-state index in [0.29, 0.717) is 36.8 Å². The van der Waals surface area contributed by atoms with E-state index < -0.39 is 0 Å². The van der Waals surface area contributed by atoms with E-state index in [2.05, 4.69) is 0 Å². The van der Waals surface area contributed by atoms with Gasteiger partial charge >= 0.3 is 0 Å². The summed E-state index contributed by atoms with van der Waals surface area (Å²) in [5, 5.41) is 0. The lowest BCUT2D eigenvalue weighted by Gasteiger charge is -2.31. The standard InChI is InChI=1S/C14H19NO4/c1-10-9-15(6-7-19-10)14(16)11-4-5-12(17-2)13(8-11)18-3/h4-5,8,10H,6-7,9H2,1-3H3. The average molecular weight is 265 g/mol. The summed E-state index contributed by atoms with van der Waals surface area (Å²) in [5.74, 6) is 1.18. The molecule has 0 bridgehead atoms. The molecule has 0 saturated carbocycles. The van der Waals surface area contributed by atoms with Crippen molar-refractivity contribution < 1.29 is 19.0 Å². The van der Waals surface area contributed by atoms with Gasteiger partial charge in [0.1, 0.15) is 0 Å². The Kier molecular flexibility index (Phi) is 4.27. The predicted molar refractivity (Wildman–Crippen MR) is 70.9 cm³/mol. The van der Waals surface area contributed by atoms with Crippen molar-refractivity contribution in [2.24, 2.45) is 0 Å². The van der Waals surface area contributed by atoms with Crippen LogP contribution < -0.4 is 9.47 Å². The van der Waals surface area contributed by atoms with E-state index in [1.165, 1.54) is 0 Å². The number of rotatable bonds is 3. The van der Waals surface area contributed by atoms with Gasteiger partial charge in [-0.15, -0.1) is 0 Å². The van der Waals surface area contributed by atoms with Crippen LogP contribution in [-0.4, -0.2) is 50.8 Å². The molecular weight excluding hydrogens is 246 g/mol. The van der Waals surface area contributed by atoms with E-state index in [4.69, 9.17) is 14.2 Å². The Hall–Kier alpha value is -1.75. The van der Waals surface area contributed by atoms with Crippen molar-refractivity contribution in [2.75, 3.05) is 33.9 Å². The first-order valence-electron chi connectivity index (χ1n) is 6.28. The molecule has 0 radical (unpaired) electrons. The highest BCUT2D eigenvalue weighted by Crippen LogP contribution is 2.28. The van der Waals surface area contributed by atoms with E-state index in [1.54, 1.807) is 37.3 Å². The number of hydrogen-bond acceptors (Lipinski definition) is 4. The van der Waals surface area contributed by atoms with Crippen LogP contribution in [0.25, 0.3) is 0 Å². The third kappa shape index (κ3) is 2.98. The van der Waals surface area contributed by atoms with Gasteiger partial charge < -0.3 is 19.1 Å². The lowest BCUT2D eigenvalue weighted by atomic mass is 10.1. The second-order valence-electron chi connectivity index (χ2n) is 4.50. The van der Waals surface area contributed by atoms with Crippen molar-refractivity contribution in [1.82, 2.24) is 4.90 Å². The van der Waals surface area contributed by atoms with Crippen molar-refractivity contribution >= 4 is 5.91 Å². The van der Waals surface area contributed by atoms with Crippen LogP contribution in [0.15, 0.2) is 18.2 Å². The average Bonchev–Trinajstić information content (AvgIpc) is 2.45. The number of methoxy groups -OCH3 is 2. The molecule has 5 nitrogen and oxygen atoms in total. The molecule has 1 unspecified atom stereocenters. The fraction of sp³-hybridized carbons (Fsp3) is 0.500. The highest BCUT2D eigenvalue weighted by atomic mass is 16.5. The second kappa shape index (κ2) is 5.93. The van der Waals surface area contributed by atoms with Gasteiger partial charge in [0.15, 0.2) is 11.5 Å². The van der Waals surface area contributed by atoms with Crippen LogP contribution in [0, 0.1) is 0 Å². The smallest absolute Gasteiger partial charge is 0.254 e. The molecule has 1 fully saturated rings. The Bertz CT molecular complexity index is 461. The first-order chi connectivity index (χ1) is 9.15. The molecule has 1 saturated heterocycles. The van der Waals surface area contributed by atoms with Crippen molar-refractivity contribution in [3.8, 4) is 11.5 Å². The Morgan fingerprint density at radius 2 is 2.05 bits per heavy atom. The second-order valence-corrected chi connectivity index (χ2v) is 4.50. The minimum absolute atomic E-state index is 0.00361. The van der Waals surface area contributed by atoms with Gasteiger partial charge in [-0.3, -0.25) is 4.79 Å². The number of carbonyl (C=O) groups is 1. The minimum Gasteiger partial charge on any atom is -0.493 e. The molecule has 0 N–H and O–H groups in total. The van der Waals surface area contributed by atoms with Gasteiger partial charge in [-0.05, 0) is 25.1 Å². The van der Waals surface area contributed by atoms with Crippen molar-refractivity contribution in [1.29, 1.82) is 0 Å². The van der Waals surface area contributed by atoms with E-state index >= 15 is 0 Å². The maximum Gasteiger partial charge on any atom is 0.254 e. The molecule has 0 aliphatic carbocycles. The summed E-state index contributed by atoms with van der Waals surface area (Å²) in [5.41, 5.74) is 0.603. The number of nitrogens with zero attached hydrogens (tertiary/aromatic N) is 1. The van der Waals surface area contributed by atoms with Crippen LogP contribution in [0.4, 0.5) is 0 Å². The van der Waals surface area contributed by atoms with Crippen molar-refractivity contribution in [2.45, 2.75) is 13.0 Å². The summed E-state index contributed by atoms with van der Waals surface area (Å²) < 4.78 is 15.8. The van der Waals surface area contributed by atoms with Crippen LogP contribution in [0.3, 0.4) is 0 Å². The molecule has 1 aromatic carbocycles. The molecule has 1 heterocycles. The van der Waals surface area contributed by atoms with E-state index in [1.807, 2.05) is 6.92 Å². The number of amides is 1. The van der Waals surface area contributed by atoms with Crippen LogP contribution in [0.5, 0.6) is 11.5 Å². The zero-order valence-corrected chi connectivity index (χ0v) is 11.5. The topological polar surface area (TPSA) is 48.0 Å². The molecule has 2 rings (SSSR count). The zero-order valence-electron chi connectivity index (χ0n) is 11.5. The molecule has 0 aromatic heterocycles. The Morgan fingerprint density at radius 1 is 1.32 bits per heavy atom. The first kappa shape index (κ1) is 13.7. The fourth-order valence-corrected chi connectivity index (χ4v) is 2.15. The molecule has 1 aromatic rings. The van der Waals surface area contributed by atoms with Gasteiger partial charge in [0.05, 0.1) is 26.9 Å². The van der Waals surface area contributed by atoms with E-state index in [-0.39, 0.29) is 12.0 Å². The Balaban J connectivity index is 2.19. The number of carbonyl (C=O) groups excluding carboxylic acids is 1. The Morgan fingerprint density at radius 3 is 2.68 bits per heavy atom. The third-order valence-electron chi connectivity index (χ3n) is 3.16. The summed E-state index contributed by atoms with van der Waals surface area (Å²) in [6.07, 6.45) is 0.0813. The Labute approximate surface area is 113 Å². The molecule has 1 aliphatic rings. The SMILES string of the molecule is COc1ccc(C(=O)N2CCOC(C)C2)cc1OC. The number of benzene rings is 1. The normalized spacial score (nSPS) is 19.1. The van der Waals surface area contributed by atoms with E-state index in [0.717, 1.165) is 0 Å². The molecule has 1 aliphatic heterocycles. The minimum atomic E-state index is -0.00361. The quantitative estimate of drug-likeness (QED) is 0.832. The van der Waals surface area contributed by atoms with Crippen molar-refractivity contribution in [3.05, 3.63) is 23.8 Å². The maximum atomic E-state index is 12.4. The first-order valence-corrected chi connectivity index (χ1v) is 6.28. The molecule has 1 amide bonds. The zero-order chi connectivity index (χ0) is 13.8. The molecule has 19 heavy (non-hydrogen) atoms. The summed E-state index contributed by atoms with van der Waals surface area (Å²) >= 11 is 0. The predicted octanol–water partition coefficient (Wildman–Crippen LogP) is 1.56. The van der Waals surface area contributed by atoms with Crippen LogP contribution >= 0.6 is 0 Å². The lowest BCUT2D eigenvalue weighted by Crippen LogP contribution is -2.44. The van der Waals surface area contributed by atoms with Crippen LogP contribution in [0.1, 0.15) is 17.3 Å². The molecule has 5 heteroatoms. The van der Waals surface area contributed by atoms with Gasteiger partial charge in [-0.1, -0.05) is 0 Å². The number of morpholine rings is 1. The maximum absolute atomic E-state index is 12.4. The van der Waals surface area contributed by atoms with E-state index in [9.17, 15) is 4.79 Å². The summed E-state index contributed by atoms with van der Waals surface area (Å²) in [4.78, 5) is 14.2. The molecule has 104 valence electrons. The van der Waals surface area contributed by atoms with Gasteiger partial charge in [0.2, 0.25) is 0 Å². The van der Waals surface area contributed by atoms with Gasteiger partial charge in [-0.2, -0.15) is 0 Å². The highest BCUT2D eigenvalue weighted by molar-refractivity contribution is 5.95. The number of ether oxygens (including phenoxy) is 3. The van der Waals surface area contributed by atoms with Gasteiger partial charge in [0.25, 0.3) is 5.91 Å². The molecule has 0 spiro atoms. The molecular formula is C14H19NO4. The largest absolute Gasteiger partial charge is 0.493 e. The summed E-state index contributed by atoms with van der Waals surface area (Å²) in [7, 11) is 3.13. The van der Waals surface area contributed by atoms with Crippen LogP contribution in [-0.2, 0) is 4.74 Å². The number of hydrogen-bond donors (Lipinski definition) is 0. The highest BCUT2D eigenvalue weighted by Gasteiger charge is 2.23. The third-order valence-corrected chi connectivity index (χ3v) is 3.16. The van der Waals surface area contributed by atoms with Crippen LogP contribution in [0.2, 0.25) is 0 Å². The van der Waals surface area contributed by atoms with Gasteiger partial charge in [0, 0.05) is 18.7 Å². The fourth-order valence-electron chi connectivity index (χ4n) is 2.15. The lowest BCUT2D eigenvalue weighted by molar-refractivity contribution is -0.0124. The monoisotopic (exact) mass is 265 g/mol. The van der Waals surface area contributed by atoms with Crippen molar-refractivity contribution in [3.63, 3.8) is 0 Å².